The van der Waals surface area contributed by atoms with E-state index in [2.05, 4.69) is 10.9 Å². The Bertz CT molecular complexity index is 287. The lowest BCUT2D eigenvalue weighted by atomic mass is 10.2. The van der Waals surface area contributed by atoms with Crippen LogP contribution in [-0.4, -0.2) is 22.9 Å². The van der Waals surface area contributed by atoms with E-state index in [0.717, 1.165) is 25.3 Å². The summed E-state index contributed by atoms with van der Waals surface area (Å²) in [5, 5.41) is 8.23. The second-order valence-electron chi connectivity index (χ2n) is 3.17. The summed E-state index contributed by atoms with van der Waals surface area (Å²) in [6.45, 7) is 2.02. The van der Waals surface area contributed by atoms with E-state index in [1.165, 1.54) is 0 Å². The Hall–Kier alpha value is -1.85. The average Bonchev–Trinajstić information content (AvgIpc) is 2.24. The van der Waals surface area contributed by atoms with Crippen molar-refractivity contribution >= 4 is 17.8 Å². The molecule has 0 aliphatic rings. The molecule has 0 saturated carbocycles. The third-order valence-corrected chi connectivity index (χ3v) is 1.71. The molecule has 0 aromatic carbocycles. The second-order valence-corrected chi connectivity index (χ2v) is 3.17. The largest absolute Gasteiger partial charge is 0.478 e. The topological polar surface area (TPSA) is 95.5 Å². The minimum absolute atomic E-state index is 0.287. The molecule has 0 spiro atoms. The molecule has 90 valence electrons. The number of aliphatic carboxylic acids is 1. The minimum Gasteiger partial charge on any atom is -0.478 e. The highest BCUT2D eigenvalue weighted by Crippen LogP contribution is 1.97. The lowest BCUT2D eigenvalue weighted by Crippen LogP contribution is -2.40. The smallest absolute Gasteiger partial charge is 0.328 e. The molecule has 0 fully saturated rings. The zero-order valence-electron chi connectivity index (χ0n) is 9.16. The Morgan fingerprint density at radius 1 is 1.12 bits per heavy atom. The predicted octanol–water partition coefficient (Wildman–Crippen LogP) is 0.355. The van der Waals surface area contributed by atoms with E-state index < -0.39 is 11.9 Å². The Kier molecular flexibility index (Phi) is 7.48. The first-order valence-electron chi connectivity index (χ1n) is 5.06. The van der Waals surface area contributed by atoms with Gasteiger partial charge >= 0.3 is 5.97 Å². The normalized spacial score (nSPS) is 10.1. The van der Waals surface area contributed by atoms with E-state index in [9.17, 15) is 14.4 Å². The van der Waals surface area contributed by atoms with Crippen LogP contribution in [0.5, 0.6) is 0 Å². The molecule has 0 bridgehead atoms. The summed E-state index contributed by atoms with van der Waals surface area (Å²) in [6, 6.07) is 0. The van der Waals surface area contributed by atoms with Crippen LogP contribution >= 0.6 is 0 Å². The predicted molar refractivity (Wildman–Crippen MR) is 57.2 cm³/mol. The number of amides is 2. The Morgan fingerprint density at radius 3 is 2.38 bits per heavy atom. The summed E-state index contributed by atoms with van der Waals surface area (Å²) in [6.07, 6.45) is 4.61. The molecule has 0 heterocycles. The maximum absolute atomic E-state index is 11.1. The fourth-order valence-electron chi connectivity index (χ4n) is 0.918. The number of hydrazine groups is 1. The van der Waals surface area contributed by atoms with E-state index in [1.807, 2.05) is 6.92 Å². The molecule has 16 heavy (non-hydrogen) atoms. The Morgan fingerprint density at radius 2 is 1.81 bits per heavy atom. The molecule has 0 aliphatic carbocycles. The molecule has 0 aromatic rings. The van der Waals surface area contributed by atoms with Crippen molar-refractivity contribution < 1.29 is 19.5 Å². The van der Waals surface area contributed by atoms with Gasteiger partial charge in [-0.2, -0.15) is 0 Å². The van der Waals surface area contributed by atoms with Crippen LogP contribution in [0.2, 0.25) is 0 Å². The van der Waals surface area contributed by atoms with Gasteiger partial charge < -0.3 is 5.11 Å². The molecule has 0 unspecified atom stereocenters. The van der Waals surface area contributed by atoms with Crippen LogP contribution in [0.25, 0.3) is 0 Å². The number of carboxylic acids is 1. The van der Waals surface area contributed by atoms with Crippen LogP contribution in [0.3, 0.4) is 0 Å². The van der Waals surface area contributed by atoms with Gasteiger partial charge in [0.25, 0.3) is 5.91 Å². The van der Waals surface area contributed by atoms with Crippen molar-refractivity contribution in [1.29, 1.82) is 0 Å². The fraction of sp³-hybridized carbons (Fsp3) is 0.500. The molecule has 6 nitrogen and oxygen atoms in total. The number of nitrogens with one attached hydrogen (secondary N) is 2. The molecule has 0 aromatic heterocycles. The zero-order chi connectivity index (χ0) is 12.4. The summed E-state index contributed by atoms with van der Waals surface area (Å²) in [4.78, 5) is 32.1. The van der Waals surface area contributed by atoms with E-state index in [-0.39, 0.29) is 5.91 Å². The highest BCUT2D eigenvalue weighted by atomic mass is 16.4. The first-order chi connectivity index (χ1) is 7.56. The van der Waals surface area contributed by atoms with Gasteiger partial charge in [-0.25, -0.2) is 4.79 Å². The Labute approximate surface area is 93.7 Å². The number of carboxylic acid groups (broad SMARTS) is 1. The summed E-state index contributed by atoms with van der Waals surface area (Å²) < 4.78 is 0. The SMILES string of the molecule is CCCCCC(=O)NNC(=O)/C=C/C(=O)O. The Balaban J connectivity index is 3.67. The van der Waals surface area contributed by atoms with Crippen LogP contribution in [0.4, 0.5) is 0 Å². The summed E-state index contributed by atoms with van der Waals surface area (Å²) in [7, 11) is 0. The first-order valence-corrected chi connectivity index (χ1v) is 5.06. The number of carbonyl (C=O) groups is 3. The second kappa shape index (κ2) is 8.46. The zero-order valence-corrected chi connectivity index (χ0v) is 9.16. The van der Waals surface area contributed by atoms with Crippen molar-refractivity contribution in [2.24, 2.45) is 0 Å². The van der Waals surface area contributed by atoms with Crippen molar-refractivity contribution in [3.05, 3.63) is 12.2 Å². The van der Waals surface area contributed by atoms with E-state index >= 15 is 0 Å². The van der Waals surface area contributed by atoms with Crippen LogP contribution in [-0.2, 0) is 14.4 Å². The van der Waals surface area contributed by atoms with Gasteiger partial charge in [0, 0.05) is 18.6 Å². The summed E-state index contributed by atoms with van der Waals surface area (Å²) >= 11 is 0. The average molecular weight is 228 g/mol. The molecule has 0 atom stereocenters. The maximum atomic E-state index is 11.1. The van der Waals surface area contributed by atoms with Crippen LogP contribution in [0.15, 0.2) is 12.2 Å². The van der Waals surface area contributed by atoms with Crippen molar-refractivity contribution in [3.63, 3.8) is 0 Å². The third kappa shape index (κ3) is 8.74. The lowest BCUT2D eigenvalue weighted by Gasteiger charge is -2.04. The molecule has 0 aliphatic heterocycles. The van der Waals surface area contributed by atoms with Gasteiger partial charge in [0.15, 0.2) is 0 Å². The number of carbonyl (C=O) groups excluding carboxylic acids is 2. The minimum atomic E-state index is -1.22. The number of hydrogen-bond acceptors (Lipinski definition) is 3. The van der Waals surface area contributed by atoms with Crippen molar-refractivity contribution in [1.82, 2.24) is 10.9 Å². The van der Waals surface area contributed by atoms with Crippen LogP contribution in [0, 0.1) is 0 Å². The van der Waals surface area contributed by atoms with Gasteiger partial charge in [0.2, 0.25) is 5.91 Å². The number of rotatable bonds is 6. The quantitative estimate of drug-likeness (QED) is 0.347. The van der Waals surface area contributed by atoms with Gasteiger partial charge in [-0.05, 0) is 6.42 Å². The molecular weight excluding hydrogens is 212 g/mol. The first kappa shape index (κ1) is 14.2. The van der Waals surface area contributed by atoms with E-state index in [1.54, 1.807) is 0 Å². The third-order valence-electron chi connectivity index (χ3n) is 1.71. The highest BCUT2D eigenvalue weighted by Gasteiger charge is 2.01. The van der Waals surface area contributed by atoms with Crippen molar-refractivity contribution in [2.75, 3.05) is 0 Å². The fourth-order valence-corrected chi connectivity index (χ4v) is 0.918. The van der Waals surface area contributed by atoms with Gasteiger partial charge in [0.1, 0.15) is 0 Å². The van der Waals surface area contributed by atoms with Crippen molar-refractivity contribution in [3.8, 4) is 0 Å². The van der Waals surface area contributed by atoms with Crippen LogP contribution < -0.4 is 10.9 Å². The maximum Gasteiger partial charge on any atom is 0.328 e. The molecule has 2 amide bonds. The monoisotopic (exact) mass is 228 g/mol. The standard InChI is InChI=1S/C10H16N2O4/c1-2-3-4-5-8(13)11-12-9(14)6-7-10(15)16/h6-7H,2-5H2,1H3,(H,11,13)(H,12,14)(H,15,16)/b7-6+. The van der Waals surface area contributed by atoms with Gasteiger partial charge in [-0.15, -0.1) is 0 Å². The highest BCUT2D eigenvalue weighted by molar-refractivity contribution is 5.94. The van der Waals surface area contributed by atoms with E-state index in [0.29, 0.717) is 12.5 Å². The summed E-state index contributed by atoms with van der Waals surface area (Å²) in [5.41, 5.74) is 4.26. The molecular formula is C10H16N2O4. The molecule has 3 N–H and O–H groups in total. The lowest BCUT2D eigenvalue weighted by molar-refractivity contribution is -0.131. The van der Waals surface area contributed by atoms with Gasteiger partial charge in [-0.3, -0.25) is 20.4 Å². The van der Waals surface area contributed by atoms with Crippen molar-refractivity contribution in [2.45, 2.75) is 32.6 Å². The molecule has 0 rings (SSSR count). The van der Waals surface area contributed by atoms with Gasteiger partial charge in [0.05, 0.1) is 0 Å². The van der Waals surface area contributed by atoms with E-state index in [4.69, 9.17) is 5.11 Å². The number of unbranched alkanes of at least 4 members (excludes halogenated alkanes) is 2. The van der Waals surface area contributed by atoms with Gasteiger partial charge in [-0.1, -0.05) is 19.8 Å². The molecule has 0 radical (unpaired) electrons. The molecule has 6 heteroatoms. The molecule has 0 saturated heterocycles. The summed E-state index contributed by atoms with van der Waals surface area (Å²) in [5.74, 6) is -2.18. The van der Waals surface area contributed by atoms with Crippen LogP contribution in [0.1, 0.15) is 32.6 Å². The number of hydrogen-bond donors (Lipinski definition) is 3.